The molecule has 1 radical (unpaired) electrons. The van der Waals surface area contributed by atoms with Gasteiger partial charge in [-0.15, -0.1) is 0 Å². The van der Waals surface area contributed by atoms with E-state index in [1.807, 2.05) is 18.2 Å². The summed E-state index contributed by atoms with van der Waals surface area (Å²) in [6, 6.07) is 0. The first-order valence-electron chi connectivity index (χ1n) is 9.31. The van der Waals surface area contributed by atoms with Crippen LogP contribution in [0.1, 0.15) is 90.4 Å². The summed E-state index contributed by atoms with van der Waals surface area (Å²) < 4.78 is 4.56. The lowest BCUT2D eigenvalue weighted by Crippen LogP contribution is -1.82. The Kier molecular flexibility index (Phi) is 19.1. The van der Waals surface area contributed by atoms with Crippen molar-refractivity contribution in [3.8, 4) is 0 Å². The van der Waals surface area contributed by atoms with Crippen LogP contribution in [0.4, 0.5) is 0 Å². The van der Waals surface area contributed by atoms with Crippen LogP contribution in [0.15, 0.2) is 36.6 Å². The molecule has 0 unspecified atom stereocenters. The van der Waals surface area contributed by atoms with Crippen molar-refractivity contribution in [1.29, 1.82) is 0 Å². The van der Waals surface area contributed by atoms with E-state index in [1.165, 1.54) is 83.5 Å². The third kappa shape index (κ3) is 19.0. The minimum atomic E-state index is 1.19. The molecule has 0 saturated carbocycles. The molecule has 0 heterocycles. The molecular formula is C21H37O. The van der Waals surface area contributed by atoms with Crippen LogP contribution < -0.4 is 0 Å². The Morgan fingerprint density at radius 3 is 1.68 bits per heavy atom. The van der Waals surface area contributed by atoms with Crippen LogP contribution in [0.5, 0.6) is 0 Å². The highest BCUT2D eigenvalue weighted by molar-refractivity contribution is 5.09. The van der Waals surface area contributed by atoms with Gasteiger partial charge in [0.2, 0.25) is 0 Å². The van der Waals surface area contributed by atoms with Crippen molar-refractivity contribution < 1.29 is 4.74 Å². The van der Waals surface area contributed by atoms with E-state index in [0.29, 0.717) is 0 Å². The molecule has 22 heavy (non-hydrogen) atoms. The molecule has 0 N–H and O–H groups in total. The van der Waals surface area contributed by atoms with E-state index in [0.717, 1.165) is 0 Å². The van der Waals surface area contributed by atoms with E-state index in [2.05, 4.69) is 30.9 Å². The number of hydrogen-bond acceptors (Lipinski definition) is 1. The van der Waals surface area contributed by atoms with Gasteiger partial charge in [0.15, 0.2) is 0 Å². The van der Waals surface area contributed by atoms with Crippen molar-refractivity contribution in [2.75, 3.05) is 0 Å². The van der Waals surface area contributed by atoms with Gasteiger partial charge in [-0.3, -0.25) is 0 Å². The van der Waals surface area contributed by atoms with Gasteiger partial charge in [0.1, 0.15) is 7.11 Å². The van der Waals surface area contributed by atoms with Gasteiger partial charge in [-0.2, -0.15) is 0 Å². The molecule has 0 amide bonds. The maximum Gasteiger partial charge on any atom is 0.121 e. The predicted molar refractivity (Wildman–Crippen MR) is 99.6 cm³/mol. The van der Waals surface area contributed by atoms with E-state index >= 15 is 0 Å². The first-order chi connectivity index (χ1) is 10.9. The summed E-state index contributed by atoms with van der Waals surface area (Å²) in [6.07, 6.45) is 29.9. The zero-order valence-corrected chi connectivity index (χ0v) is 14.8. The molecule has 127 valence electrons. The molecule has 0 spiro atoms. The predicted octanol–water partition coefficient (Wildman–Crippen LogP) is 7.51. The fourth-order valence-corrected chi connectivity index (χ4v) is 2.51. The summed E-state index contributed by atoms with van der Waals surface area (Å²) in [5.74, 6) is 0. The van der Waals surface area contributed by atoms with E-state index < -0.39 is 0 Å². The van der Waals surface area contributed by atoms with Crippen LogP contribution in [0.25, 0.3) is 0 Å². The monoisotopic (exact) mass is 305 g/mol. The number of hydrogen-bond donors (Lipinski definition) is 0. The number of allylic oxidation sites excluding steroid dienone is 5. The highest BCUT2D eigenvalue weighted by Gasteiger charge is 1.92. The highest BCUT2D eigenvalue weighted by Crippen LogP contribution is 2.12. The smallest absolute Gasteiger partial charge is 0.121 e. The molecule has 0 bridgehead atoms. The van der Waals surface area contributed by atoms with Crippen molar-refractivity contribution in [3.63, 3.8) is 0 Å². The molecule has 0 aliphatic heterocycles. The molecule has 0 aromatic carbocycles. The Hall–Kier alpha value is -0.980. The minimum absolute atomic E-state index is 1.19. The molecule has 0 rings (SSSR count). The normalized spacial score (nSPS) is 12.1. The van der Waals surface area contributed by atoms with Crippen LogP contribution >= 0.6 is 0 Å². The second kappa shape index (κ2) is 20.0. The Balaban J connectivity index is 3.12. The van der Waals surface area contributed by atoms with Crippen molar-refractivity contribution in [2.45, 2.75) is 90.4 Å². The lowest BCUT2D eigenvalue weighted by Gasteiger charge is -2.02. The van der Waals surface area contributed by atoms with E-state index in [-0.39, 0.29) is 0 Å². The lowest BCUT2D eigenvalue weighted by atomic mass is 10.0. The molecule has 1 heteroatoms. The first-order valence-corrected chi connectivity index (χ1v) is 9.31. The average molecular weight is 306 g/mol. The zero-order valence-electron chi connectivity index (χ0n) is 14.8. The van der Waals surface area contributed by atoms with Crippen molar-refractivity contribution >= 4 is 0 Å². The molecule has 0 saturated heterocycles. The quantitative estimate of drug-likeness (QED) is 0.163. The zero-order chi connectivity index (χ0) is 16.1. The Morgan fingerprint density at radius 1 is 0.636 bits per heavy atom. The number of rotatable bonds is 16. The van der Waals surface area contributed by atoms with Gasteiger partial charge in [0, 0.05) is 0 Å². The van der Waals surface area contributed by atoms with E-state index in [4.69, 9.17) is 0 Å². The third-order valence-corrected chi connectivity index (χ3v) is 3.87. The maximum absolute atomic E-state index is 4.56. The second-order valence-electron chi connectivity index (χ2n) is 5.99. The fourth-order valence-electron chi connectivity index (χ4n) is 2.51. The third-order valence-electron chi connectivity index (χ3n) is 3.87. The van der Waals surface area contributed by atoms with Crippen LogP contribution in [-0.4, -0.2) is 0 Å². The Labute approximate surface area is 139 Å². The standard InChI is InChI=1S/C21H37O/c1-3-4-5-6-7-8-9-10-11-12-13-14-15-16-17-18-19-20-21-22-2/h16-21H,2-15H2,1H3/b17-16+,19-18+,21-20+. The summed E-state index contributed by atoms with van der Waals surface area (Å²) in [5, 5.41) is 0. The SMILES string of the molecule is [CH2]O/C=C/C=C/C=C/CCCCCCCCCCCCCC. The van der Waals surface area contributed by atoms with Gasteiger partial charge in [-0.1, -0.05) is 102 Å². The van der Waals surface area contributed by atoms with Crippen LogP contribution in [0.2, 0.25) is 0 Å². The summed E-state index contributed by atoms with van der Waals surface area (Å²) in [5.41, 5.74) is 0. The van der Waals surface area contributed by atoms with Gasteiger partial charge in [0.25, 0.3) is 0 Å². The summed E-state index contributed by atoms with van der Waals surface area (Å²) >= 11 is 0. The summed E-state index contributed by atoms with van der Waals surface area (Å²) in [4.78, 5) is 0. The Bertz CT molecular complexity index is 276. The van der Waals surface area contributed by atoms with Gasteiger partial charge in [-0.25, -0.2) is 0 Å². The van der Waals surface area contributed by atoms with Gasteiger partial charge >= 0.3 is 0 Å². The minimum Gasteiger partial charge on any atom is -0.498 e. The topological polar surface area (TPSA) is 9.23 Å². The molecule has 0 aliphatic rings. The Morgan fingerprint density at radius 2 is 1.14 bits per heavy atom. The van der Waals surface area contributed by atoms with Crippen LogP contribution in [-0.2, 0) is 4.74 Å². The van der Waals surface area contributed by atoms with Crippen molar-refractivity contribution in [2.24, 2.45) is 0 Å². The molecule has 1 nitrogen and oxygen atoms in total. The summed E-state index contributed by atoms with van der Waals surface area (Å²) in [6.45, 7) is 2.28. The maximum atomic E-state index is 4.56. The van der Waals surface area contributed by atoms with Crippen LogP contribution in [0.3, 0.4) is 0 Å². The molecule has 0 aliphatic carbocycles. The van der Waals surface area contributed by atoms with Gasteiger partial charge < -0.3 is 4.74 Å². The van der Waals surface area contributed by atoms with E-state index in [1.54, 1.807) is 6.26 Å². The van der Waals surface area contributed by atoms with Crippen molar-refractivity contribution in [3.05, 3.63) is 43.8 Å². The second-order valence-corrected chi connectivity index (χ2v) is 5.99. The number of ether oxygens (including phenoxy) is 1. The first kappa shape index (κ1) is 21.0. The fraction of sp³-hybridized carbons (Fsp3) is 0.667. The molecule has 0 aromatic heterocycles. The molecule has 0 atom stereocenters. The van der Waals surface area contributed by atoms with Gasteiger partial charge in [0.05, 0.1) is 6.26 Å². The van der Waals surface area contributed by atoms with Crippen LogP contribution in [0, 0.1) is 7.11 Å². The molecule has 0 aromatic rings. The average Bonchev–Trinajstić information content (AvgIpc) is 2.54. The molecule has 0 fully saturated rings. The van der Waals surface area contributed by atoms with Crippen molar-refractivity contribution in [1.82, 2.24) is 0 Å². The number of unbranched alkanes of at least 4 members (excludes halogenated alkanes) is 12. The molecular weight excluding hydrogens is 268 g/mol. The largest absolute Gasteiger partial charge is 0.498 e. The highest BCUT2D eigenvalue weighted by atomic mass is 16.5. The van der Waals surface area contributed by atoms with Gasteiger partial charge in [-0.05, 0) is 18.9 Å². The summed E-state index contributed by atoms with van der Waals surface area (Å²) in [7, 11) is 3.26. The lowest BCUT2D eigenvalue weighted by molar-refractivity contribution is 0.394. The van der Waals surface area contributed by atoms with E-state index in [9.17, 15) is 0 Å².